The minimum atomic E-state index is 0.430. The van der Waals surface area contributed by atoms with Gasteiger partial charge in [0.15, 0.2) is 0 Å². The lowest BCUT2D eigenvalue weighted by atomic mass is 10.2. The van der Waals surface area contributed by atoms with Gasteiger partial charge >= 0.3 is 0 Å². The van der Waals surface area contributed by atoms with E-state index in [-0.39, 0.29) is 0 Å². The molecule has 0 aliphatic heterocycles. The first-order valence-corrected chi connectivity index (χ1v) is 5.86. The molecule has 0 aliphatic carbocycles. The van der Waals surface area contributed by atoms with Crippen molar-refractivity contribution in [1.29, 1.82) is 0 Å². The number of hydrogen-bond donors (Lipinski definition) is 1. The van der Waals surface area contributed by atoms with E-state index in [4.69, 9.17) is 0 Å². The molecule has 0 radical (unpaired) electrons. The molecule has 3 heteroatoms. The summed E-state index contributed by atoms with van der Waals surface area (Å²) in [5.74, 6) is 1.00. The second-order valence-corrected chi connectivity index (χ2v) is 4.55. The summed E-state index contributed by atoms with van der Waals surface area (Å²) in [5, 5.41) is 3.39. The highest BCUT2D eigenvalue weighted by molar-refractivity contribution is 5.30. The number of aromatic nitrogens is 2. The molecule has 1 heterocycles. The van der Waals surface area contributed by atoms with Crippen molar-refractivity contribution in [2.45, 2.75) is 59.5 Å². The first-order chi connectivity index (χ1) is 7.04. The summed E-state index contributed by atoms with van der Waals surface area (Å²) in [6.07, 6.45) is 4.53. The molecular weight excluding hydrogens is 186 g/mol. The van der Waals surface area contributed by atoms with Crippen molar-refractivity contribution in [2.75, 3.05) is 5.32 Å². The molecule has 1 rings (SSSR count). The molecule has 0 bridgehead atoms. The van der Waals surface area contributed by atoms with E-state index < -0.39 is 0 Å². The van der Waals surface area contributed by atoms with Gasteiger partial charge in [-0.25, -0.2) is 4.98 Å². The maximum atomic E-state index is 4.51. The molecule has 1 atom stereocenters. The predicted octanol–water partition coefficient (Wildman–Crippen LogP) is 3.37. The Hall–Kier alpha value is -0.990. The standard InChI is InChI=1S/C12H23N3/c1-6-7-11(5)15-8-10(4)14-12(15)13-9(2)3/h8-9,11H,6-7H2,1-5H3,(H,13,14). The van der Waals surface area contributed by atoms with Gasteiger partial charge in [-0.3, -0.25) is 0 Å². The van der Waals surface area contributed by atoms with Gasteiger partial charge in [0.25, 0.3) is 0 Å². The fourth-order valence-corrected chi connectivity index (χ4v) is 1.77. The zero-order valence-electron chi connectivity index (χ0n) is 10.5. The highest BCUT2D eigenvalue weighted by atomic mass is 15.2. The van der Waals surface area contributed by atoms with Crippen LogP contribution in [0, 0.1) is 6.92 Å². The van der Waals surface area contributed by atoms with E-state index in [0.29, 0.717) is 12.1 Å². The van der Waals surface area contributed by atoms with Gasteiger partial charge in [-0.2, -0.15) is 0 Å². The molecule has 1 aromatic heterocycles. The Balaban J connectivity index is 2.85. The van der Waals surface area contributed by atoms with Gasteiger partial charge in [0, 0.05) is 18.3 Å². The topological polar surface area (TPSA) is 29.9 Å². The molecule has 0 saturated heterocycles. The molecule has 3 nitrogen and oxygen atoms in total. The first-order valence-electron chi connectivity index (χ1n) is 5.86. The van der Waals surface area contributed by atoms with Gasteiger partial charge in [0.05, 0.1) is 5.69 Å². The molecule has 1 N–H and O–H groups in total. The Morgan fingerprint density at radius 3 is 2.60 bits per heavy atom. The van der Waals surface area contributed by atoms with E-state index in [1.54, 1.807) is 0 Å². The van der Waals surface area contributed by atoms with Crippen LogP contribution >= 0.6 is 0 Å². The van der Waals surface area contributed by atoms with Crippen molar-refractivity contribution < 1.29 is 0 Å². The van der Waals surface area contributed by atoms with Crippen LogP contribution in [0.1, 0.15) is 52.3 Å². The number of anilines is 1. The minimum Gasteiger partial charge on any atom is -0.353 e. The van der Waals surface area contributed by atoms with E-state index in [0.717, 1.165) is 11.6 Å². The zero-order chi connectivity index (χ0) is 11.4. The molecule has 1 aromatic rings. The zero-order valence-corrected chi connectivity index (χ0v) is 10.5. The minimum absolute atomic E-state index is 0.430. The van der Waals surface area contributed by atoms with Crippen molar-refractivity contribution in [3.63, 3.8) is 0 Å². The Morgan fingerprint density at radius 1 is 1.40 bits per heavy atom. The summed E-state index contributed by atoms with van der Waals surface area (Å²) in [5.41, 5.74) is 1.08. The highest BCUT2D eigenvalue weighted by Crippen LogP contribution is 2.20. The van der Waals surface area contributed by atoms with Crippen molar-refractivity contribution in [2.24, 2.45) is 0 Å². The maximum absolute atomic E-state index is 4.51. The van der Waals surface area contributed by atoms with Gasteiger partial charge in [-0.15, -0.1) is 0 Å². The summed E-state index contributed by atoms with van der Waals surface area (Å²) >= 11 is 0. The highest BCUT2D eigenvalue weighted by Gasteiger charge is 2.11. The van der Waals surface area contributed by atoms with Gasteiger partial charge in [0.1, 0.15) is 0 Å². The van der Waals surface area contributed by atoms with E-state index in [9.17, 15) is 0 Å². The van der Waals surface area contributed by atoms with Crippen molar-refractivity contribution in [3.05, 3.63) is 11.9 Å². The molecule has 86 valence electrons. The number of nitrogens with zero attached hydrogens (tertiary/aromatic N) is 2. The first kappa shape index (κ1) is 12.1. The number of imidazole rings is 1. The van der Waals surface area contributed by atoms with Crippen molar-refractivity contribution in [1.82, 2.24) is 9.55 Å². The lowest BCUT2D eigenvalue weighted by Crippen LogP contribution is -2.16. The van der Waals surface area contributed by atoms with Gasteiger partial charge in [-0.05, 0) is 34.1 Å². The Morgan fingerprint density at radius 2 is 2.07 bits per heavy atom. The van der Waals surface area contributed by atoms with Crippen LogP contribution in [0.4, 0.5) is 5.95 Å². The van der Waals surface area contributed by atoms with Crippen LogP contribution in [0.15, 0.2) is 6.20 Å². The van der Waals surface area contributed by atoms with Crippen LogP contribution < -0.4 is 5.32 Å². The third kappa shape index (κ3) is 3.26. The van der Waals surface area contributed by atoms with Crippen LogP contribution in [0.2, 0.25) is 0 Å². The smallest absolute Gasteiger partial charge is 0.203 e. The third-order valence-electron chi connectivity index (χ3n) is 2.45. The van der Waals surface area contributed by atoms with E-state index in [1.807, 2.05) is 6.92 Å². The third-order valence-corrected chi connectivity index (χ3v) is 2.45. The molecular formula is C12H23N3. The lowest BCUT2D eigenvalue weighted by Gasteiger charge is -2.17. The van der Waals surface area contributed by atoms with Gasteiger partial charge in [-0.1, -0.05) is 13.3 Å². The average Bonchev–Trinajstić information content (AvgIpc) is 2.46. The number of rotatable bonds is 5. The van der Waals surface area contributed by atoms with Crippen molar-refractivity contribution >= 4 is 5.95 Å². The van der Waals surface area contributed by atoms with Gasteiger partial charge in [0.2, 0.25) is 5.95 Å². The molecule has 0 aliphatic rings. The Kier molecular flexibility index (Phi) is 4.18. The fraction of sp³-hybridized carbons (Fsp3) is 0.750. The predicted molar refractivity (Wildman–Crippen MR) is 65.3 cm³/mol. The second kappa shape index (κ2) is 5.19. The van der Waals surface area contributed by atoms with Crippen molar-refractivity contribution in [3.8, 4) is 0 Å². The summed E-state index contributed by atoms with van der Waals surface area (Å²) in [6.45, 7) is 10.8. The molecule has 1 unspecified atom stereocenters. The summed E-state index contributed by atoms with van der Waals surface area (Å²) < 4.78 is 2.25. The summed E-state index contributed by atoms with van der Waals surface area (Å²) in [6, 6.07) is 0.955. The molecule has 0 spiro atoms. The Bertz CT molecular complexity index is 302. The number of aryl methyl sites for hydroxylation is 1. The largest absolute Gasteiger partial charge is 0.353 e. The molecule has 0 aromatic carbocycles. The molecule has 0 saturated carbocycles. The van der Waals surface area contributed by atoms with Gasteiger partial charge < -0.3 is 9.88 Å². The van der Waals surface area contributed by atoms with Crippen LogP contribution in [-0.4, -0.2) is 15.6 Å². The van der Waals surface area contributed by atoms with E-state index in [2.05, 4.69) is 48.8 Å². The van der Waals surface area contributed by atoms with Crippen LogP contribution in [0.3, 0.4) is 0 Å². The van der Waals surface area contributed by atoms with E-state index in [1.165, 1.54) is 12.8 Å². The van der Waals surface area contributed by atoms with Crippen LogP contribution in [0.5, 0.6) is 0 Å². The SMILES string of the molecule is CCCC(C)n1cc(C)nc1NC(C)C. The molecule has 0 amide bonds. The quantitative estimate of drug-likeness (QED) is 0.805. The second-order valence-electron chi connectivity index (χ2n) is 4.55. The van der Waals surface area contributed by atoms with Crippen LogP contribution in [0.25, 0.3) is 0 Å². The normalized spacial score (nSPS) is 13.2. The summed E-state index contributed by atoms with van der Waals surface area (Å²) in [7, 11) is 0. The average molecular weight is 209 g/mol. The van der Waals surface area contributed by atoms with E-state index >= 15 is 0 Å². The maximum Gasteiger partial charge on any atom is 0.203 e. The lowest BCUT2D eigenvalue weighted by molar-refractivity contribution is 0.503. The monoisotopic (exact) mass is 209 g/mol. The molecule has 15 heavy (non-hydrogen) atoms. The summed E-state index contributed by atoms with van der Waals surface area (Å²) in [4.78, 5) is 4.51. The molecule has 0 fully saturated rings. The fourth-order valence-electron chi connectivity index (χ4n) is 1.77. The Labute approximate surface area is 92.9 Å². The number of hydrogen-bond acceptors (Lipinski definition) is 2. The number of nitrogens with one attached hydrogen (secondary N) is 1. The van der Waals surface area contributed by atoms with Crippen LogP contribution in [-0.2, 0) is 0 Å².